The van der Waals surface area contributed by atoms with Crippen LogP contribution in [0.25, 0.3) is 22.8 Å². The van der Waals surface area contributed by atoms with E-state index in [1.165, 1.54) is 0 Å². The third kappa shape index (κ3) is 3.16. The number of pyridine rings is 1. The number of anilines is 1. The highest BCUT2D eigenvalue weighted by atomic mass is 16.1. The first-order chi connectivity index (χ1) is 14.6. The molecule has 0 aliphatic carbocycles. The molecule has 0 bridgehead atoms. The van der Waals surface area contributed by atoms with E-state index in [2.05, 4.69) is 46.7 Å². The summed E-state index contributed by atoms with van der Waals surface area (Å²) in [6, 6.07) is 14.0. The third-order valence-electron chi connectivity index (χ3n) is 5.53. The quantitative estimate of drug-likeness (QED) is 0.569. The minimum absolute atomic E-state index is 0.119. The van der Waals surface area contributed by atoms with E-state index in [0.29, 0.717) is 17.9 Å². The Kier molecular flexibility index (Phi) is 4.39. The Morgan fingerprint density at radius 2 is 1.80 bits per heavy atom. The number of H-pyrrole nitrogens is 1. The predicted octanol–water partition coefficient (Wildman–Crippen LogP) is 2.73. The molecule has 8 nitrogen and oxygen atoms in total. The first kappa shape index (κ1) is 18.2. The fraction of sp³-hybridized carbons (Fsp3) is 0.227. The molecule has 0 atom stereocenters. The van der Waals surface area contributed by atoms with Gasteiger partial charge in [-0.15, -0.1) is 10.2 Å². The van der Waals surface area contributed by atoms with Crippen LogP contribution in [0.1, 0.15) is 17.1 Å². The lowest BCUT2D eigenvalue weighted by molar-refractivity contribution is 0.560. The van der Waals surface area contributed by atoms with Gasteiger partial charge in [-0.1, -0.05) is 30.3 Å². The van der Waals surface area contributed by atoms with Crippen LogP contribution >= 0.6 is 0 Å². The Morgan fingerprint density at radius 1 is 0.967 bits per heavy atom. The van der Waals surface area contributed by atoms with Crippen molar-refractivity contribution in [2.45, 2.75) is 26.9 Å². The Bertz CT molecular complexity index is 1260. The van der Waals surface area contributed by atoms with Crippen LogP contribution in [0.15, 0.2) is 53.5 Å². The second-order valence-corrected chi connectivity index (χ2v) is 7.41. The van der Waals surface area contributed by atoms with Gasteiger partial charge in [0.2, 0.25) is 0 Å². The first-order valence-electron chi connectivity index (χ1n) is 9.86. The predicted molar refractivity (Wildman–Crippen MR) is 114 cm³/mol. The number of hydrogen-bond donors (Lipinski definition) is 1. The molecule has 0 spiro atoms. The molecule has 5 rings (SSSR count). The maximum absolute atomic E-state index is 12.0. The molecule has 0 saturated carbocycles. The van der Waals surface area contributed by atoms with Gasteiger partial charge in [0, 0.05) is 41.7 Å². The standard InChI is InChI=1S/C22H21N7O/c1-14-15(2)24-20(25-22(14)30)17-8-9-18(23-12-17)28-10-11-29-19(13-28)26-27-21(29)16-6-4-3-5-7-16/h3-9,12H,10-11,13H2,1-2H3,(H,24,25,30). The summed E-state index contributed by atoms with van der Waals surface area (Å²) in [6.07, 6.45) is 1.75. The molecule has 1 aliphatic rings. The zero-order valence-corrected chi connectivity index (χ0v) is 16.8. The van der Waals surface area contributed by atoms with Crippen LogP contribution in [0.2, 0.25) is 0 Å². The van der Waals surface area contributed by atoms with E-state index in [4.69, 9.17) is 0 Å². The number of aromatic nitrogens is 6. The number of nitrogens with zero attached hydrogens (tertiary/aromatic N) is 6. The van der Waals surface area contributed by atoms with Crippen LogP contribution in [0.5, 0.6) is 0 Å². The van der Waals surface area contributed by atoms with Crippen LogP contribution in [0.4, 0.5) is 5.82 Å². The average molecular weight is 399 g/mol. The van der Waals surface area contributed by atoms with Crippen molar-refractivity contribution in [3.8, 4) is 22.8 Å². The molecule has 4 heterocycles. The summed E-state index contributed by atoms with van der Waals surface area (Å²) in [7, 11) is 0. The highest BCUT2D eigenvalue weighted by molar-refractivity contribution is 5.58. The summed E-state index contributed by atoms with van der Waals surface area (Å²) in [5, 5.41) is 8.79. The Morgan fingerprint density at radius 3 is 2.53 bits per heavy atom. The zero-order valence-electron chi connectivity index (χ0n) is 16.8. The molecule has 1 N–H and O–H groups in total. The minimum atomic E-state index is -0.119. The number of benzene rings is 1. The molecule has 150 valence electrons. The van der Waals surface area contributed by atoms with Crippen molar-refractivity contribution in [3.63, 3.8) is 0 Å². The van der Waals surface area contributed by atoms with Gasteiger partial charge in [-0.05, 0) is 26.0 Å². The molecule has 1 aliphatic heterocycles. The van der Waals surface area contributed by atoms with E-state index >= 15 is 0 Å². The van der Waals surface area contributed by atoms with Gasteiger partial charge in [-0.2, -0.15) is 0 Å². The Hall–Kier alpha value is -3.81. The monoisotopic (exact) mass is 399 g/mol. The zero-order chi connectivity index (χ0) is 20.7. The van der Waals surface area contributed by atoms with Gasteiger partial charge in [0.1, 0.15) is 11.6 Å². The maximum Gasteiger partial charge on any atom is 0.254 e. The lowest BCUT2D eigenvalue weighted by atomic mass is 10.2. The van der Waals surface area contributed by atoms with E-state index in [9.17, 15) is 4.79 Å². The van der Waals surface area contributed by atoms with Gasteiger partial charge >= 0.3 is 0 Å². The topological polar surface area (TPSA) is 92.6 Å². The van der Waals surface area contributed by atoms with Crippen molar-refractivity contribution in [3.05, 3.63) is 76.1 Å². The highest BCUT2D eigenvalue weighted by Crippen LogP contribution is 2.25. The normalized spacial score (nSPS) is 13.3. The smallest absolute Gasteiger partial charge is 0.254 e. The molecule has 0 amide bonds. The lowest BCUT2D eigenvalue weighted by Crippen LogP contribution is -2.34. The summed E-state index contributed by atoms with van der Waals surface area (Å²) in [6.45, 7) is 5.86. The number of hydrogen-bond acceptors (Lipinski definition) is 6. The van der Waals surface area contributed by atoms with Crippen molar-refractivity contribution in [2.75, 3.05) is 11.4 Å². The summed E-state index contributed by atoms with van der Waals surface area (Å²) in [5.74, 6) is 3.22. The van der Waals surface area contributed by atoms with Crippen molar-refractivity contribution >= 4 is 5.82 Å². The molecule has 30 heavy (non-hydrogen) atoms. The average Bonchev–Trinajstić information content (AvgIpc) is 3.21. The van der Waals surface area contributed by atoms with Crippen LogP contribution in [0.3, 0.4) is 0 Å². The SMILES string of the molecule is Cc1nc(-c2ccc(N3CCn4c(nnc4-c4ccccc4)C3)nc2)[nH]c(=O)c1C. The largest absolute Gasteiger partial charge is 0.347 e. The second-order valence-electron chi connectivity index (χ2n) is 7.41. The molecule has 0 fully saturated rings. The van der Waals surface area contributed by atoms with Crippen LogP contribution in [-0.2, 0) is 13.1 Å². The summed E-state index contributed by atoms with van der Waals surface area (Å²) < 4.78 is 2.17. The van der Waals surface area contributed by atoms with Gasteiger partial charge in [0.15, 0.2) is 11.6 Å². The molecule has 1 aromatic carbocycles. The number of rotatable bonds is 3. The van der Waals surface area contributed by atoms with Crippen molar-refractivity contribution in [1.82, 2.24) is 29.7 Å². The number of aromatic amines is 1. The van der Waals surface area contributed by atoms with Gasteiger partial charge in [0.05, 0.1) is 6.54 Å². The van der Waals surface area contributed by atoms with Crippen LogP contribution < -0.4 is 10.5 Å². The van der Waals surface area contributed by atoms with Gasteiger partial charge in [-0.3, -0.25) is 4.79 Å². The molecule has 3 aromatic heterocycles. The number of nitrogens with one attached hydrogen (secondary N) is 1. The molecular formula is C22H21N7O. The summed E-state index contributed by atoms with van der Waals surface area (Å²) in [5.41, 5.74) is 3.09. The van der Waals surface area contributed by atoms with E-state index < -0.39 is 0 Å². The van der Waals surface area contributed by atoms with E-state index in [-0.39, 0.29) is 5.56 Å². The molecule has 0 saturated heterocycles. The van der Waals surface area contributed by atoms with E-state index in [0.717, 1.165) is 47.4 Å². The molecule has 8 heteroatoms. The first-order valence-corrected chi connectivity index (χ1v) is 9.86. The van der Waals surface area contributed by atoms with Crippen molar-refractivity contribution in [1.29, 1.82) is 0 Å². The summed E-state index contributed by atoms with van der Waals surface area (Å²) in [4.78, 5) is 26.1. The fourth-order valence-electron chi connectivity index (χ4n) is 3.65. The molecular weight excluding hydrogens is 378 g/mol. The number of aryl methyl sites for hydroxylation is 1. The van der Waals surface area contributed by atoms with Crippen molar-refractivity contribution in [2.24, 2.45) is 0 Å². The van der Waals surface area contributed by atoms with Gasteiger partial charge in [-0.25, -0.2) is 9.97 Å². The molecule has 0 unspecified atom stereocenters. The van der Waals surface area contributed by atoms with E-state index in [1.807, 2.05) is 37.3 Å². The Labute approximate surface area is 173 Å². The molecule has 0 radical (unpaired) electrons. The highest BCUT2D eigenvalue weighted by Gasteiger charge is 2.22. The molecule has 4 aromatic rings. The fourth-order valence-corrected chi connectivity index (χ4v) is 3.65. The Balaban J connectivity index is 1.38. The van der Waals surface area contributed by atoms with Gasteiger partial charge < -0.3 is 14.5 Å². The van der Waals surface area contributed by atoms with Crippen LogP contribution in [-0.4, -0.2) is 36.3 Å². The lowest BCUT2D eigenvalue weighted by Gasteiger charge is -2.28. The second kappa shape index (κ2) is 7.22. The minimum Gasteiger partial charge on any atom is -0.347 e. The van der Waals surface area contributed by atoms with Crippen molar-refractivity contribution < 1.29 is 0 Å². The maximum atomic E-state index is 12.0. The third-order valence-corrected chi connectivity index (χ3v) is 5.53. The van der Waals surface area contributed by atoms with E-state index in [1.54, 1.807) is 13.1 Å². The number of fused-ring (bicyclic) bond motifs is 1. The summed E-state index contributed by atoms with van der Waals surface area (Å²) >= 11 is 0. The van der Waals surface area contributed by atoms with Crippen LogP contribution in [0, 0.1) is 13.8 Å². The van der Waals surface area contributed by atoms with Gasteiger partial charge in [0.25, 0.3) is 5.56 Å².